The SMILES string of the molecule is CCOc1ccc(Br)cc1C(=O)C1(CC)CCCC1. The number of halogens is 1. The van der Waals surface area contributed by atoms with Crippen molar-refractivity contribution in [3.63, 3.8) is 0 Å². The lowest BCUT2D eigenvalue weighted by molar-refractivity contribution is 0.0787. The maximum atomic E-state index is 12.9. The highest BCUT2D eigenvalue weighted by Gasteiger charge is 2.40. The van der Waals surface area contributed by atoms with Gasteiger partial charge in [-0.2, -0.15) is 0 Å². The minimum absolute atomic E-state index is 0.160. The van der Waals surface area contributed by atoms with Gasteiger partial charge in [-0.15, -0.1) is 0 Å². The summed E-state index contributed by atoms with van der Waals surface area (Å²) in [6.45, 7) is 4.66. The highest BCUT2D eigenvalue weighted by atomic mass is 79.9. The molecular formula is C16H21BrO2. The maximum absolute atomic E-state index is 12.9. The topological polar surface area (TPSA) is 26.3 Å². The van der Waals surface area contributed by atoms with Crippen LogP contribution in [0.3, 0.4) is 0 Å². The average molecular weight is 325 g/mol. The lowest BCUT2D eigenvalue weighted by Gasteiger charge is -2.26. The van der Waals surface area contributed by atoms with E-state index in [1.165, 1.54) is 0 Å². The number of rotatable bonds is 5. The van der Waals surface area contributed by atoms with Crippen molar-refractivity contribution in [2.75, 3.05) is 6.61 Å². The number of benzene rings is 1. The summed E-state index contributed by atoms with van der Waals surface area (Å²) in [5, 5.41) is 0. The van der Waals surface area contributed by atoms with Crippen molar-refractivity contribution >= 4 is 21.7 Å². The average Bonchev–Trinajstić information content (AvgIpc) is 2.90. The van der Waals surface area contributed by atoms with Gasteiger partial charge in [0.1, 0.15) is 5.75 Å². The summed E-state index contributed by atoms with van der Waals surface area (Å²) in [4.78, 5) is 12.9. The molecule has 0 aliphatic heterocycles. The van der Waals surface area contributed by atoms with Gasteiger partial charge in [-0.25, -0.2) is 0 Å². The van der Waals surface area contributed by atoms with E-state index in [-0.39, 0.29) is 11.2 Å². The van der Waals surface area contributed by atoms with Crippen LogP contribution >= 0.6 is 15.9 Å². The first-order valence-electron chi connectivity index (χ1n) is 7.10. The number of carbonyl (C=O) groups is 1. The Hall–Kier alpha value is -0.830. The molecule has 0 heterocycles. The predicted molar refractivity (Wildman–Crippen MR) is 80.8 cm³/mol. The summed E-state index contributed by atoms with van der Waals surface area (Å²) >= 11 is 3.46. The summed E-state index contributed by atoms with van der Waals surface area (Å²) in [6.07, 6.45) is 5.28. The van der Waals surface area contributed by atoms with Crippen molar-refractivity contribution in [1.82, 2.24) is 0 Å². The van der Waals surface area contributed by atoms with E-state index in [9.17, 15) is 4.79 Å². The van der Waals surface area contributed by atoms with E-state index in [4.69, 9.17) is 4.74 Å². The molecule has 0 aromatic heterocycles. The van der Waals surface area contributed by atoms with Crippen LogP contribution < -0.4 is 4.74 Å². The van der Waals surface area contributed by atoms with E-state index in [2.05, 4.69) is 22.9 Å². The Balaban J connectivity index is 2.39. The highest BCUT2D eigenvalue weighted by molar-refractivity contribution is 9.10. The molecule has 19 heavy (non-hydrogen) atoms. The Bertz CT molecular complexity index is 462. The zero-order chi connectivity index (χ0) is 13.9. The van der Waals surface area contributed by atoms with Gasteiger partial charge in [0.15, 0.2) is 5.78 Å². The van der Waals surface area contributed by atoms with Crippen LogP contribution in [0, 0.1) is 5.41 Å². The number of Topliss-reactive ketones (excluding diaryl/α,β-unsaturated/α-hetero) is 1. The molecule has 104 valence electrons. The lowest BCUT2D eigenvalue weighted by atomic mass is 9.76. The van der Waals surface area contributed by atoms with Gasteiger partial charge in [-0.05, 0) is 44.4 Å². The molecule has 1 aliphatic carbocycles. The Morgan fingerprint density at radius 3 is 2.58 bits per heavy atom. The van der Waals surface area contributed by atoms with Crippen LogP contribution in [-0.4, -0.2) is 12.4 Å². The molecule has 1 fully saturated rings. The Kier molecular flexibility index (Phi) is 4.67. The number of ether oxygens (including phenoxy) is 1. The predicted octanol–water partition coefficient (Wildman–Crippen LogP) is 5.00. The minimum Gasteiger partial charge on any atom is -0.493 e. The number of ketones is 1. The third kappa shape index (κ3) is 2.86. The monoisotopic (exact) mass is 324 g/mol. The summed E-state index contributed by atoms with van der Waals surface area (Å²) in [5.74, 6) is 0.979. The molecule has 0 saturated heterocycles. The van der Waals surface area contributed by atoms with E-state index in [1.807, 2.05) is 25.1 Å². The van der Waals surface area contributed by atoms with Crippen LogP contribution in [0.4, 0.5) is 0 Å². The van der Waals surface area contributed by atoms with Gasteiger partial charge >= 0.3 is 0 Å². The Morgan fingerprint density at radius 1 is 1.32 bits per heavy atom. The fraction of sp³-hybridized carbons (Fsp3) is 0.562. The van der Waals surface area contributed by atoms with Gasteiger partial charge in [0.25, 0.3) is 0 Å². The molecule has 1 aromatic rings. The van der Waals surface area contributed by atoms with Gasteiger partial charge in [0.05, 0.1) is 12.2 Å². The first kappa shape index (κ1) is 14.6. The summed E-state index contributed by atoms with van der Waals surface area (Å²) in [6, 6.07) is 5.72. The van der Waals surface area contributed by atoms with E-state index >= 15 is 0 Å². The van der Waals surface area contributed by atoms with Crippen molar-refractivity contribution < 1.29 is 9.53 Å². The fourth-order valence-electron chi connectivity index (χ4n) is 3.04. The van der Waals surface area contributed by atoms with E-state index in [0.29, 0.717) is 6.61 Å². The molecule has 1 aromatic carbocycles. The normalized spacial score (nSPS) is 17.4. The van der Waals surface area contributed by atoms with Gasteiger partial charge in [0, 0.05) is 9.89 Å². The van der Waals surface area contributed by atoms with E-state index < -0.39 is 0 Å². The third-order valence-corrected chi connectivity index (χ3v) is 4.70. The number of hydrogen-bond acceptors (Lipinski definition) is 2. The van der Waals surface area contributed by atoms with Crippen molar-refractivity contribution in [2.45, 2.75) is 46.0 Å². The van der Waals surface area contributed by atoms with Crippen molar-refractivity contribution in [3.05, 3.63) is 28.2 Å². The second-order valence-corrected chi connectivity index (χ2v) is 6.16. The number of hydrogen-bond donors (Lipinski definition) is 0. The first-order valence-corrected chi connectivity index (χ1v) is 7.89. The Labute approximate surface area is 123 Å². The molecule has 0 unspecified atom stereocenters. The molecule has 3 heteroatoms. The molecule has 0 N–H and O–H groups in total. The molecule has 0 amide bonds. The summed E-state index contributed by atoms with van der Waals surface area (Å²) in [7, 11) is 0. The van der Waals surface area contributed by atoms with E-state index in [0.717, 1.165) is 47.9 Å². The first-order chi connectivity index (χ1) is 9.13. The molecule has 2 rings (SSSR count). The molecule has 1 aliphatic rings. The maximum Gasteiger partial charge on any atom is 0.172 e. The fourth-order valence-corrected chi connectivity index (χ4v) is 3.40. The van der Waals surface area contributed by atoms with E-state index in [1.54, 1.807) is 0 Å². The summed E-state index contributed by atoms with van der Waals surface area (Å²) in [5.41, 5.74) is 0.576. The van der Waals surface area contributed by atoms with Gasteiger partial charge in [-0.3, -0.25) is 4.79 Å². The molecular weight excluding hydrogens is 304 g/mol. The molecule has 0 radical (unpaired) electrons. The van der Waals surface area contributed by atoms with Gasteiger partial charge in [0.2, 0.25) is 0 Å². The van der Waals surface area contributed by atoms with Gasteiger partial charge < -0.3 is 4.74 Å². The van der Waals surface area contributed by atoms with Crippen LogP contribution in [-0.2, 0) is 0 Å². The standard InChI is InChI=1S/C16H21BrO2/c1-3-16(9-5-6-10-16)15(18)13-11-12(17)7-8-14(13)19-4-2/h7-8,11H,3-6,9-10H2,1-2H3. The van der Waals surface area contributed by atoms with Crippen LogP contribution in [0.1, 0.15) is 56.3 Å². The molecule has 1 saturated carbocycles. The number of carbonyl (C=O) groups excluding carboxylic acids is 1. The minimum atomic E-state index is -0.160. The molecule has 0 bridgehead atoms. The molecule has 0 spiro atoms. The largest absolute Gasteiger partial charge is 0.493 e. The van der Waals surface area contributed by atoms with Crippen LogP contribution in [0.15, 0.2) is 22.7 Å². The van der Waals surface area contributed by atoms with Crippen LogP contribution in [0.25, 0.3) is 0 Å². The lowest BCUT2D eigenvalue weighted by Crippen LogP contribution is -2.27. The molecule has 2 nitrogen and oxygen atoms in total. The van der Waals surface area contributed by atoms with Crippen molar-refractivity contribution in [3.8, 4) is 5.75 Å². The quantitative estimate of drug-likeness (QED) is 0.712. The van der Waals surface area contributed by atoms with Crippen LogP contribution in [0.2, 0.25) is 0 Å². The van der Waals surface area contributed by atoms with Crippen molar-refractivity contribution in [1.29, 1.82) is 0 Å². The van der Waals surface area contributed by atoms with Crippen molar-refractivity contribution in [2.24, 2.45) is 5.41 Å². The zero-order valence-electron chi connectivity index (χ0n) is 11.7. The zero-order valence-corrected chi connectivity index (χ0v) is 13.3. The van der Waals surface area contributed by atoms with Crippen LogP contribution in [0.5, 0.6) is 5.75 Å². The highest BCUT2D eigenvalue weighted by Crippen LogP contribution is 2.45. The third-order valence-electron chi connectivity index (χ3n) is 4.21. The molecule has 0 atom stereocenters. The second kappa shape index (κ2) is 6.08. The summed E-state index contributed by atoms with van der Waals surface area (Å²) < 4.78 is 6.55. The second-order valence-electron chi connectivity index (χ2n) is 5.24. The smallest absolute Gasteiger partial charge is 0.172 e. The Morgan fingerprint density at radius 2 is 2.00 bits per heavy atom. The van der Waals surface area contributed by atoms with Gasteiger partial charge in [-0.1, -0.05) is 35.7 Å².